The Bertz CT molecular complexity index is 1770. The highest BCUT2D eigenvalue weighted by molar-refractivity contribution is 6.01. The molecule has 1 N–H and O–H groups in total. The summed E-state index contributed by atoms with van der Waals surface area (Å²) in [5.41, 5.74) is -0.0437. The standard InChI is InChI=1S/C35H43F2N5O4/c1-7-24-27(36)10-9-22-13-23(46-20-44-6)14-25(28(22)24)30-29(37)31-26(16-38-30)32(42-12-8-11-34(3,43)17-42)40-33(39-31)45-19-35(15-21(35)2)18-41(4)5/h9-10,13-14,16,21,43H,7-8,11-12,15,17-20H2,1-6H3/t21?,34-,35?/m1/s1. The Morgan fingerprint density at radius 2 is 1.93 bits per heavy atom. The van der Waals surface area contributed by atoms with Gasteiger partial charge >= 0.3 is 6.01 Å². The van der Waals surface area contributed by atoms with Gasteiger partial charge in [-0.15, -0.1) is 0 Å². The van der Waals surface area contributed by atoms with Crippen LogP contribution in [0.1, 0.15) is 45.6 Å². The van der Waals surface area contributed by atoms with Crippen LogP contribution in [0.15, 0.2) is 30.5 Å². The summed E-state index contributed by atoms with van der Waals surface area (Å²) in [5, 5.41) is 12.6. The lowest BCUT2D eigenvalue weighted by molar-refractivity contribution is 0.0447. The van der Waals surface area contributed by atoms with E-state index < -0.39 is 11.4 Å². The Morgan fingerprint density at radius 3 is 2.61 bits per heavy atom. The number of pyridine rings is 1. The minimum Gasteiger partial charge on any atom is -0.468 e. The first-order valence-electron chi connectivity index (χ1n) is 15.9. The van der Waals surface area contributed by atoms with Crippen molar-refractivity contribution in [3.63, 3.8) is 0 Å². The minimum absolute atomic E-state index is 0.00870. The molecule has 1 aliphatic carbocycles. The Morgan fingerprint density at radius 1 is 1.15 bits per heavy atom. The molecule has 6 rings (SSSR count). The number of ether oxygens (including phenoxy) is 3. The van der Waals surface area contributed by atoms with Gasteiger partial charge in [0.15, 0.2) is 12.6 Å². The molecule has 0 radical (unpaired) electrons. The number of β-amino-alcohol motifs (C(OH)–C–C–N with tert-alkyl or cyclic N) is 1. The predicted molar refractivity (Wildman–Crippen MR) is 174 cm³/mol. The number of fused-ring (bicyclic) bond motifs is 2. The van der Waals surface area contributed by atoms with E-state index >= 15 is 8.78 Å². The van der Waals surface area contributed by atoms with Crippen molar-refractivity contribution in [2.75, 3.05) is 59.1 Å². The third-order valence-corrected chi connectivity index (χ3v) is 9.43. The zero-order valence-electron chi connectivity index (χ0n) is 27.5. The van der Waals surface area contributed by atoms with Gasteiger partial charge in [0.25, 0.3) is 0 Å². The van der Waals surface area contributed by atoms with E-state index in [0.29, 0.717) is 77.3 Å². The van der Waals surface area contributed by atoms with Crippen LogP contribution in [0.3, 0.4) is 0 Å². The summed E-state index contributed by atoms with van der Waals surface area (Å²) in [7, 11) is 5.60. The average Bonchev–Trinajstić information content (AvgIpc) is 3.65. The third-order valence-electron chi connectivity index (χ3n) is 9.43. The molecule has 46 heavy (non-hydrogen) atoms. The van der Waals surface area contributed by atoms with Crippen LogP contribution < -0.4 is 14.4 Å². The van der Waals surface area contributed by atoms with Crippen molar-refractivity contribution in [1.29, 1.82) is 0 Å². The molecule has 2 aromatic carbocycles. The topological polar surface area (TPSA) is 93.1 Å². The second kappa shape index (κ2) is 12.5. The van der Waals surface area contributed by atoms with Crippen molar-refractivity contribution < 1.29 is 28.1 Å². The Kier molecular flexibility index (Phi) is 8.77. The van der Waals surface area contributed by atoms with Crippen LogP contribution in [-0.2, 0) is 11.2 Å². The van der Waals surface area contributed by atoms with Crippen LogP contribution in [-0.4, -0.2) is 84.8 Å². The molecule has 2 aromatic heterocycles. The Labute approximate surface area is 268 Å². The average molecular weight is 636 g/mol. The molecule has 3 atom stereocenters. The summed E-state index contributed by atoms with van der Waals surface area (Å²) in [4.78, 5) is 18.1. The maximum atomic E-state index is 17.0. The fourth-order valence-electron chi connectivity index (χ4n) is 7.00. The van der Waals surface area contributed by atoms with Gasteiger partial charge in [-0.25, -0.2) is 8.78 Å². The number of benzene rings is 2. The summed E-state index contributed by atoms with van der Waals surface area (Å²) in [6.07, 6.45) is 4.39. The number of hydrogen-bond donors (Lipinski definition) is 1. The van der Waals surface area contributed by atoms with Gasteiger partial charge in [0.1, 0.15) is 28.6 Å². The number of piperidine rings is 1. The second-order valence-electron chi connectivity index (χ2n) is 13.5. The summed E-state index contributed by atoms with van der Waals surface area (Å²) in [5.74, 6) is 0.335. The molecule has 246 valence electrons. The van der Waals surface area contributed by atoms with Crippen molar-refractivity contribution in [3.8, 4) is 23.0 Å². The molecule has 1 aliphatic heterocycles. The van der Waals surface area contributed by atoms with E-state index in [-0.39, 0.29) is 35.2 Å². The monoisotopic (exact) mass is 635 g/mol. The third kappa shape index (κ3) is 6.20. The van der Waals surface area contributed by atoms with E-state index in [9.17, 15) is 5.11 Å². The number of anilines is 1. The number of methoxy groups -OCH3 is 1. The zero-order chi connectivity index (χ0) is 32.8. The molecule has 0 spiro atoms. The molecule has 0 amide bonds. The maximum absolute atomic E-state index is 17.0. The van der Waals surface area contributed by atoms with Gasteiger partial charge in [-0.3, -0.25) is 4.98 Å². The van der Waals surface area contributed by atoms with Gasteiger partial charge in [-0.05, 0) is 87.2 Å². The fraction of sp³-hybridized carbons (Fsp3) is 0.514. The van der Waals surface area contributed by atoms with Crippen molar-refractivity contribution >= 4 is 27.5 Å². The van der Waals surface area contributed by atoms with E-state index in [0.717, 1.165) is 19.4 Å². The van der Waals surface area contributed by atoms with Gasteiger partial charge in [-0.2, -0.15) is 9.97 Å². The number of hydrogen-bond acceptors (Lipinski definition) is 9. The first-order chi connectivity index (χ1) is 21.9. The predicted octanol–water partition coefficient (Wildman–Crippen LogP) is 5.99. The van der Waals surface area contributed by atoms with Crippen LogP contribution in [0.5, 0.6) is 11.8 Å². The van der Waals surface area contributed by atoms with Gasteiger partial charge in [0.2, 0.25) is 0 Å². The lowest BCUT2D eigenvalue weighted by Gasteiger charge is -2.37. The Balaban J connectivity index is 1.52. The van der Waals surface area contributed by atoms with Crippen LogP contribution in [0.2, 0.25) is 0 Å². The zero-order valence-corrected chi connectivity index (χ0v) is 27.5. The number of aryl methyl sites for hydroxylation is 1. The van der Waals surface area contributed by atoms with E-state index in [1.807, 2.05) is 25.9 Å². The van der Waals surface area contributed by atoms with Gasteiger partial charge in [0.05, 0.1) is 17.6 Å². The molecule has 0 bridgehead atoms. The molecule has 11 heteroatoms. The van der Waals surface area contributed by atoms with Gasteiger partial charge in [-0.1, -0.05) is 19.9 Å². The summed E-state index contributed by atoms with van der Waals surface area (Å²) in [6.45, 7) is 8.07. The maximum Gasteiger partial charge on any atom is 0.319 e. The van der Waals surface area contributed by atoms with Crippen molar-refractivity contribution in [2.24, 2.45) is 11.3 Å². The Hall–Kier alpha value is -3.67. The second-order valence-corrected chi connectivity index (χ2v) is 13.5. The van der Waals surface area contributed by atoms with Gasteiger partial charge < -0.3 is 29.1 Å². The number of aromatic nitrogens is 3. The first-order valence-corrected chi connectivity index (χ1v) is 15.9. The largest absolute Gasteiger partial charge is 0.468 e. The van der Waals surface area contributed by atoms with Crippen LogP contribution >= 0.6 is 0 Å². The lowest BCUT2D eigenvalue weighted by Crippen LogP contribution is -2.46. The molecule has 2 aliphatic rings. The highest BCUT2D eigenvalue weighted by Crippen LogP contribution is 2.52. The molecule has 2 fully saturated rings. The summed E-state index contributed by atoms with van der Waals surface area (Å²) < 4.78 is 49.2. The van der Waals surface area contributed by atoms with Crippen molar-refractivity contribution in [1.82, 2.24) is 19.9 Å². The molecule has 9 nitrogen and oxygen atoms in total. The SMILES string of the molecule is CCc1c(F)ccc2cc(OCOC)cc(-c3ncc4c(N5CCC[C@@](C)(O)C5)nc(OCC5(CN(C)C)CC5C)nc4c3F)c12. The molecular formula is C35H43F2N5O4. The van der Waals surface area contributed by atoms with Crippen molar-refractivity contribution in [3.05, 3.63) is 47.7 Å². The fourth-order valence-corrected chi connectivity index (χ4v) is 7.00. The number of rotatable bonds is 11. The minimum atomic E-state index is -0.927. The summed E-state index contributed by atoms with van der Waals surface area (Å²) in [6, 6.07) is 6.59. The molecule has 2 unspecified atom stereocenters. The molecule has 4 aromatic rings. The highest BCUT2D eigenvalue weighted by atomic mass is 19.1. The van der Waals surface area contributed by atoms with Crippen molar-refractivity contribution in [2.45, 2.75) is 52.1 Å². The lowest BCUT2D eigenvalue weighted by atomic mass is 9.94. The normalized spacial score (nSPS) is 23.0. The van der Waals surface area contributed by atoms with E-state index in [1.165, 1.54) is 13.2 Å². The van der Waals surface area contributed by atoms with E-state index in [1.54, 1.807) is 31.3 Å². The smallest absolute Gasteiger partial charge is 0.319 e. The van der Waals surface area contributed by atoms with E-state index in [4.69, 9.17) is 19.2 Å². The molecular weight excluding hydrogens is 592 g/mol. The van der Waals surface area contributed by atoms with Crippen LogP contribution in [0.4, 0.5) is 14.6 Å². The highest BCUT2D eigenvalue weighted by Gasteiger charge is 2.52. The quantitative estimate of drug-likeness (QED) is 0.200. The van der Waals surface area contributed by atoms with Crippen LogP contribution in [0.25, 0.3) is 32.9 Å². The number of aliphatic hydroxyl groups is 1. The molecule has 1 saturated carbocycles. The first kappa shape index (κ1) is 32.3. The number of halogens is 2. The molecule has 1 saturated heterocycles. The summed E-state index contributed by atoms with van der Waals surface area (Å²) >= 11 is 0. The molecule has 3 heterocycles. The van der Waals surface area contributed by atoms with Gasteiger partial charge in [0, 0.05) is 43.9 Å². The van der Waals surface area contributed by atoms with Crippen LogP contribution in [0, 0.1) is 23.0 Å². The van der Waals surface area contributed by atoms with E-state index in [2.05, 4.69) is 21.8 Å². The number of nitrogens with zero attached hydrogens (tertiary/aromatic N) is 5.